The normalized spacial score (nSPS) is 10.2. The highest BCUT2D eigenvalue weighted by molar-refractivity contribution is 5.90. The Morgan fingerprint density at radius 3 is 2.95 bits per heavy atom. The number of hydrogen-bond acceptors (Lipinski definition) is 2. The van der Waals surface area contributed by atoms with Crippen LogP contribution in [0.2, 0.25) is 0 Å². The van der Waals surface area contributed by atoms with Crippen LogP contribution in [0.3, 0.4) is 0 Å². The highest BCUT2D eigenvalue weighted by Crippen LogP contribution is 2.14. The van der Waals surface area contributed by atoms with E-state index in [-0.39, 0.29) is 6.03 Å². The molecule has 1 aromatic carbocycles. The van der Waals surface area contributed by atoms with Crippen LogP contribution in [0.1, 0.15) is 12.5 Å². The summed E-state index contributed by atoms with van der Waals surface area (Å²) in [5.74, 6) is 0. The Morgan fingerprint density at radius 2 is 2.21 bits per heavy atom. The number of hydrogen-bond donors (Lipinski definition) is 2. The standard InChI is InChI=1S/C14H18N4O/c1-2-12-5-3-4-6-13(12)17-14(19)16-8-10-18-9-7-15-11-18/h3-7,9,11H,2,8,10H2,1H3,(H2,16,17,19). The Balaban J connectivity index is 1.80. The Morgan fingerprint density at radius 1 is 1.37 bits per heavy atom. The molecule has 5 heteroatoms. The van der Waals surface area contributed by atoms with Gasteiger partial charge < -0.3 is 15.2 Å². The molecule has 0 unspecified atom stereocenters. The second-order valence-electron chi connectivity index (χ2n) is 4.19. The Labute approximate surface area is 112 Å². The van der Waals surface area contributed by atoms with Crippen molar-refractivity contribution in [1.82, 2.24) is 14.9 Å². The van der Waals surface area contributed by atoms with Crippen LogP contribution in [0.4, 0.5) is 10.5 Å². The summed E-state index contributed by atoms with van der Waals surface area (Å²) in [6.45, 7) is 3.34. The number of anilines is 1. The molecule has 0 aliphatic carbocycles. The molecule has 2 N–H and O–H groups in total. The lowest BCUT2D eigenvalue weighted by atomic mass is 10.1. The topological polar surface area (TPSA) is 59.0 Å². The maximum absolute atomic E-state index is 11.8. The average Bonchev–Trinajstić information content (AvgIpc) is 2.92. The SMILES string of the molecule is CCc1ccccc1NC(=O)NCCn1ccnc1. The van der Waals surface area contributed by atoms with Crippen molar-refractivity contribution < 1.29 is 4.79 Å². The van der Waals surface area contributed by atoms with E-state index in [9.17, 15) is 4.79 Å². The van der Waals surface area contributed by atoms with E-state index in [0.29, 0.717) is 13.1 Å². The molecule has 1 aromatic heterocycles. The van der Waals surface area contributed by atoms with Gasteiger partial charge in [-0.1, -0.05) is 25.1 Å². The molecule has 0 atom stereocenters. The molecular weight excluding hydrogens is 240 g/mol. The van der Waals surface area contributed by atoms with Gasteiger partial charge in [0.05, 0.1) is 6.33 Å². The lowest BCUT2D eigenvalue weighted by Crippen LogP contribution is -2.31. The van der Waals surface area contributed by atoms with Crippen molar-refractivity contribution in [3.8, 4) is 0 Å². The van der Waals surface area contributed by atoms with Crippen LogP contribution in [0.25, 0.3) is 0 Å². The molecule has 0 radical (unpaired) electrons. The average molecular weight is 258 g/mol. The fraction of sp³-hybridized carbons (Fsp3) is 0.286. The Hall–Kier alpha value is -2.30. The maximum Gasteiger partial charge on any atom is 0.319 e. The van der Waals surface area contributed by atoms with Gasteiger partial charge in [-0.05, 0) is 18.1 Å². The number of carbonyl (C=O) groups is 1. The Kier molecular flexibility index (Phi) is 4.55. The zero-order valence-corrected chi connectivity index (χ0v) is 11.0. The molecule has 5 nitrogen and oxygen atoms in total. The van der Waals surface area contributed by atoms with Gasteiger partial charge in [0.2, 0.25) is 0 Å². The van der Waals surface area contributed by atoms with Crippen LogP contribution < -0.4 is 10.6 Å². The monoisotopic (exact) mass is 258 g/mol. The summed E-state index contributed by atoms with van der Waals surface area (Å²) < 4.78 is 1.92. The molecule has 0 spiro atoms. The molecule has 0 saturated heterocycles. The van der Waals surface area contributed by atoms with Gasteiger partial charge in [-0.15, -0.1) is 0 Å². The van der Waals surface area contributed by atoms with Crippen LogP contribution in [0, 0.1) is 0 Å². The van der Waals surface area contributed by atoms with E-state index in [2.05, 4.69) is 22.5 Å². The molecule has 19 heavy (non-hydrogen) atoms. The quantitative estimate of drug-likeness (QED) is 0.864. The first-order valence-corrected chi connectivity index (χ1v) is 6.38. The molecule has 100 valence electrons. The molecule has 0 aliphatic rings. The summed E-state index contributed by atoms with van der Waals surface area (Å²) in [5, 5.41) is 5.69. The molecular formula is C14H18N4O. The number of urea groups is 1. The van der Waals surface area contributed by atoms with Crippen molar-refractivity contribution in [2.45, 2.75) is 19.9 Å². The van der Waals surface area contributed by atoms with Crippen molar-refractivity contribution >= 4 is 11.7 Å². The fourth-order valence-corrected chi connectivity index (χ4v) is 1.83. The summed E-state index contributed by atoms with van der Waals surface area (Å²) in [4.78, 5) is 15.7. The predicted octanol–water partition coefficient (Wildman–Crippen LogP) is 2.27. The van der Waals surface area contributed by atoms with Crippen LogP contribution >= 0.6 is 0 Å². The number of rotatable bonds is 5. The summed E-state index contributed by atoms with van der Waals surface area (Å²) >= 11 is 0. The second-order valence-corrected chi connectivity index (χ2v) is 4.19. The van der Waals surface area contributed by atoms with Crippen molar-refractivity contribution in [2.24, 2.45) is 0 Å². The van der Waals surface area contributed by atoms with Gasteiger partial charge in [0.1, 0.15) is 0 Å². The fourth-order valence-electron chi connectivity index (χ4n) is 1.83. The van der Waals surface area contributed by atoms with Gasteiger partial charge in [0, 0.05) is 31.2 Å². The van der Waals surface area contributed by atoms with E-state index in [0.717, 1.165) is 17.7 Å². The lowest BCUT2D eigenvalue weighted by Gasteiger charge is -2.11. The van der Waals surface area contributed by atoms with E-state index in [4.69, 9.17) is 0 Å². The van der Waals surface area contributed by atoms with Gasteiger partial charge in [-0.3, -0.25) is 0 Å². The first-order chi connectivity index (χ1) is 9.29. The van der Waals surface area contributed by atoms with E-state index >= 15 is 0 Å². The van der Waals surface area contributed by atoms with Crippen LogP contribution in [0.5, 0.6) is 0 Å². The largest absolute Gasteiger partial charge is 0.336 e. The minimum Gasteiger partial charge on any atom is -0.336 e. The maximum atomic E-state index is 11.8. The number of para-hydroxylation sites is 1. The first-order valence-electron chi connectivity index (χ1n) is 6.38. The molecule has 0 aliphatic heterocycles. The molecule has 0 bridgehead atoms. The number of nitrogens with one attached hydrogen (secondary N) is 2. The molecule has 2 aromatic rings. The van der Waals surface area contributed by atoms with Crippen LogP contribution in [-0.4, -0.2) is 22.1 Å². The molecule has 2 amide bonds. The zero-order chi connectivity index (χ0) is 13.5. The van der Waals surface area contributed by atoms with Gasteiger partial charge in [0.25, 0.3) is 0 Å². The van der Waals surface area contributed by atoms with E-state index in [1.807, 2.05) is 35.0 Å². The number of nitrogens with zero attached hydrogens (tertiary/aromatic N) is 2. The van der Waals surface area contributed by atoms with E-state index < -0.39 is 0 Å². The van der Waals surface area contributed by atoms with Crippen LogP contribution in [0.15, 0.2) is 43.0 Å². The molecule has 2 rings (SSSR count). The third-order valence-electron chi connectivity index (χ3n) is 2.86. The summed E-state index contributed by atoms with van der Waals surface area (Å²) in [6.07, 6.45) is 6.21. The number of imidazole rings is 1. The van der Waals surface area contributed by atoms with Crippen molar-refractivity contribution in [3.63, 3.8) is 0 Å². The summed E-state index contributed by atoms with van der Waals surface area (Å²) in [6, 6.07) is 7.64. The third-order valence-corrected chi connectivity index (χ3v) is 2.86. The van der Waals surface area contributed by atoms with E-state index in [1.54, 1.807) is 12.5 Å². The Bertz CT molecular complexity index is 522. The minimum absolute atomic E-state index is 0.180. The summed E-state index contributed by atoms with van der Waals surface area (Å²) in [7, 11) is 0. The minimum atomic E-state index is -0.180. The van der Waals surface area contributed by atoms with Crippen molar-refractivity contribution in [2.75, 3.05) is 11.9 Å². The molecule has 0 saturated carbocycles. The van der Waals surface area contributed by atoms with Crippen molar-refractivity contribution in [1.29, 1.82) is 0 Å². The van der Waals surface area contributed by atoms with Crippen LogP contribution in [-0.2, 0) is 13.0 Å². The lowest BCUT2D eigenvalue weighted by molar-refractivity contribution is 0.251. The third kappa shape index (κ3) is 3.84. The molecule has 1 heterocycles. The van der Waals surface area contributed by atoms with Gasteiger partial charge >= 0.3 is 6.03 Å². The highest BCUT2D eigenvalue weighted by atomic mass is 16.2. The highest BCUT2D eigenvalue weighted by Gasteiger charge is 2.04. The van der Waals surface area contributed by atoms with Gasteiger partial charge in [-0.25, -0.2) is 9.78 Å². The number of aryl methyl sites for hydroxylation is 1. The number of carbonyl (C=O) groups excluding carboxylic acids is 1. The zero-order valence-electron chi connectivity index (χ0n) is 11.0. The second kappa shape index (κ2) is 6.58. The van der Waals surface area contributed by atoms with Gasteiger partial charge in [-0.2, -0.15) is 0 Å². The first kappa shape index (κ1) is 13.1. The summed E-state index contributed by atoms with van der Waals surface area (Å²) in [5.41, 5.74) is 2.00. The van der Waals surface area contributed by atoms with Gasteiger partial charge in [0.15, 0.2) is 0 Å². The number of benzene rings is 1. The van der Waals surface area contributed by atoms with Crippen molar-refractivity contribution in [3.05, 3.63) is 48.5 Å². The van der Waals surface area contributed by atoms with E-state index in [1.165, 1.54) is 0 Å². The predicted molar refractivity (Wildman–Crippen MR) is 75.1 cm³/mol. The number of amides is 2. The number of aromatic nitrogens is 2. The molecule has 0 fully saturated rings. The smallest absolute Gasteiger partial charge is 0.319 e.